The molecule has 0 bridgehead atoms. The number of fused-ring (bicyclic) bond motifs is 1. The number of nitrogens with zero attached hydrogens (tertiary/aromatic N) is 1. The predicted molar refractivity (Wildman–Crippen MR) is 94.6 cm³/mol. The summed E-state index contributed by atoms with van der Waals surface area (Å²) in [7, 11) is 1.22. The topological polar surface area (TPSA) is 89.7 Å². The Bertz CT molecular complexity index is 899. The Labute approximate surface area is 153 Å². The summed E-state index contributed by atoms with van der Waals surface area (Å²) in [4.78, 5) is 38.2. The molecule has 0 radical (unpaired) electrons. The number of hydrogen-bond acceptors (Lipinski definition) is 5. The van der Waals surface area contributed by atoms with Gasteiger partial charge in [0.2, 0.25) is 11.8 Å². The second kappa shape index (κ2) is 7.17. The van der Waals surface area contributed by atoms with Crippen molar-refractivity contribution in [1.29, 1.82) is 0 Å². The highest BCUT2D eigenvalue weighted by atomic mass is 32.2. The molecule has 1 heterocycles. The number of carbonyl (C=O) groups is 3. The summed E-state index contributed by atoms with van der Waals surface area (Å²) in [6, 6.07) is 8.62. The summed E-state index contributed by atoms with van der Waals surface area (Å²) in [5, 5.41) is 0. The van der Waals surface area contributed by atoms with Crippen LogP contribution in [-0.4, -0.2) is 30.6 Å². The Morgan fingerprint density at radius 2 is 1.96 bits per heavy atom. The van der Waals surface area contributed by atoms with E-state index in [1.807, 2.05) is 0 Å². The van der Waals surface area contributed by atoms with Crippen LogP contribution in [0.4, 0.5) is 10.1 Å². The minimum absolute atomic E-state index is 0.124. The van der Waals surface area contributed by atoms with Crippen LogP contribution < -0.4 is 10.6 Å². The van der Waals surface area contributed by atoms with E-state index in [9.17, 15) is 18.8 Å². The first-order valence-corrected chi connectivity index (χ1v) is 8.63. The number of ether oxygens (including phenoxy) is 1. The molecule has 1 aliphatic heterocycles. The van der Waals surface area contributed by atoms with E-state index in [1.54, 1.807) is 12.1 Å². The first-order valence-electron chi connectivity index (χ1n) is 7.64. The van der Waals surface area contributed by atoms with Gasteiger partial charge >= 0.3 is 5.97 Å². The molecule has 0 spiro atoms. The summed E-state index contributed by atoms with van der Waals surface area (Å²) in [5.41, 5.74) is 6.85. The molecule has 3 rings (SSSR count). The van der Waals surface area contributed by atoms with E-state index in [-0.39, 0.29) is 35.1 Å². The molecule has 0 aliphatic carbocycles. The number of anilines is 1. The van der Waals surface area contributed by atoms with Crippen molar-refractivity contribution in [3.8, 4) is 0 Å². The molecular weight excluding hydrogens is 359 g/mol. The average Bonchev–Trinajstić information content (AvgIpc) is 2.64. The Kier molecular flexibility index (Phi) is 4.94. The Morgan fingerprint density at radius 3 is 2.58 bits per heavy atom. The fraction of sp³-hybridized carbons (Fsp3) is 0.167. The molecule has 2 amide bonds. The maximum Gasteiger partial charge on any atom is 0.337 e. The van der Waals surface area contributed by atoms with Crippen molar-refractivity contribution >= 4 is 35.2 Å². The van der Waals surface area contributed by atoms with Gasteiger partial charge in [0.25, 0.3) is 0 Å². The number of hydrogen-bond donors (Lipinski definition) is 1. The molecule has 2 N–H and O–H groups in total. The van der Waals surface area contributed by atoms with Crippen molar-refractivity contribution in [2.24, 2.45) is 5.73 Å². The monoisotopic (exact) mass is 374 g/mol. The summed E-state index contributed by atoms with van der Waals surface area (Å²) < 4.78 is 17.8. The van der Waals surface area contributed by atoms with Crippen molar-refractivity contribution in [3.05, 3.63) is 58.9 Å². The zero-order valence-electron chi connectivity index (χ0n) is 13.8. The smallest absolute Gasteiger partial charge is 0.337 e. The molecule has 0 unspecified atom stereocenters. The van der Waals surface area contributed by atoms with E-state index in [2.05, 4.69) is 0 Å². The number of esters is 1. The van der Waals surface area contributed by atoms with Crippen molar-refractivity contribution in [3.63, 3.8) is 0 Å². The van der Waals surface area contributed by atoms with Crippen LogP contribution in [0.2, 0.25) is 0 Å². The molecular formula is C18H15FN2O4S. The number of rotatable bonds is 4. The molecule has 6 nitrogen and oxygen atoms in total. The van der Waals surface area contributed by atoms with Crippen LogP contribution in [0.5, 0.6) is 0 Å². The summed E-state index contributed by atoms with van der Waals surface area (Å²) in [5.74, 6) is -1.77. The Hall–Kier alpha value is -2.87. The van der Waals surface area contributed by atoms with E-state index < -0.39 is 11.9 Å². The average molecular weight is 374 g/mol. The van der Waals surface area contributed by atoms with Crippen LogP contribution in [-0.2, 0) is 16.1 Å². The lowest BCUT2D eigenvalue weighted by Crippen LogP contribution is -2.36. The SMILES string of the molecule is COC(=O)c1cc(C(N)=O)c2c(c1)N(Cc1ccc(F)cc1)C(=O)CS2. The van der Waals surface area contributed by atoms with Gasteiger partial charge in [0, 0.05) is 4.90 Å². The van der Waals surface area contributed by atoms with E-state index in [0.717, 1.165) is 0 Å². The highest BCUT2D eigenvalue weighted by Crippen LogP contribution is 2.39. The van der Waals surface area contributed by atoms with E-state index in [4.69, 9.17) is 10.5 Å². The van der Waals surface area contributed by atoms with Gasteiger partial charge in [-0.1, -0.05) is 12.1 Å². The molecule has 8 heteroatoms. The van der Waals surface area contributed by atoms with Crippen LogP contribution in [0.1, 0.15) is 26.3 Å². The fourth-order valence-corrected chi connectivity index (χ4v) is 3.73. The first-order chi connectivity index (χ1) is 12.4. The highest BCUT2D eigenvalue weighted by molar-refractivity contribution is 8.00. The lowest BCUT2D eigenvalue weighted by Gasteiger charge is -2.30. The van der Waals surface area contributed by atoms with Crippen LogP contribution in [0.25, 0.3) is 0 Å². The largest absolute Gasteiger partial charge is 0.465 e. The number of primary amides is 1. The lowest BCUT2D eigenvalue weighted by molar-refractivity contribution is -0.116. The predicted octanol–water partition coefficient (Wildman–Crippen LogP) is 2.35. The summed E-state index contributed by atoms with van der Waals surface area (Å²) in [6.07, 6.45) is 0. The van der Waals surface area contributed by atoms with Gasteiger partial charge < -0.3 is 15.4 Å². The zero-order chi connectivity index (χ0) is 18.8. The number of halogens is 1. The lowest BCUT2D eigenvalue weighted by atomic mass is 10.1. The summed E-state index contributed by atoms with van der Waals surface area (Å²) >= 11 is 1.19. The molecule has 0 saturated carbocycles. The van der Waals surface area contributed by atoms with Gasteiger partial charge in [0.1, 0.15) is 5.82 Å². The minimum atomic E-state index is -0.699. The molecule has 0 saturated heterocycles. The van der Waals surface area contributed by atoms with Crippen molar-refractivity contribution in [2.75, 3.05) is 17.8 Å². The Balaban J connectivity index is 2.10. The quantitative estimate of drug-likeness (QED) is 0.830. The molecule has 26 heavy (non-hydrogen) atoms. The molecule has 2 aromatic rings. The summed E-state index contributed by atoms with van der Waals surface area (Å²) in [6.45, 7) is 0.176. The Morgan fingerprint density at radius 1 is 1.27 bits per heavy atom. The molecule has 0 atom stereocenters. The van der Waals surface area contributed by atoms with Gasteiger partial charge in [-0.3, -0.25) is 9.59 Å². The highest BCUT2D eigenvalue weighted by Gasteiger charge is 2.30. The van der Waals surface area contributed by atoms with Gasteiger partial charge in [0.15, 0.2) is 0 Å². The van der Waals surface area contributed by atoms with E-state index >= 15 is 0 Å². The molecule has 134 valence electrons. The van der Waals surface area contributed by atoms with E-state index in [1.165, 1.54) is 48.0 Å². The number of methoxy groups -OCH3 is 1. The maximum atomic E-state index is 13.1. The minimum Gasteiger partial charge on any atom is -0.465 e. The van der Waals surface area contributed by atoms with Gasteiger partial charge in [0.05, 0.1) is 36.2 Å². The van der Waals surface area contributed by atoms with Crippen molar-refractivity contribution in [1.82, 2.24) is 0 Å². The third kappa shape index (κ3) is 3.41. The van der Waals surface area contributed by atoms with Gasteiger partial charge in [-0.05, 0) is 29.8 Å². The van der Waals surface area contributed by atoms with Crippen molar-refractivity contribution in [2.45, 2.75) is 11.4 Å². The van der Waals surface area contributed by atoms with Gasteiger partial charge in [-0.2, -0.15) is 0 Å². The standard InChI is InChI=1S/C18H15FN2O4S/c1-25-18(24)11-6-13(17(20)23)16-14(7-11)21(15(22)9-26-16)8-10-2-4-12(19)5-3-10/h2-7H,8-9H2,1H3,(H2,20,23). The maximum absolute atomic E-state index is 13.1. The second-order valence-corrected chi connectivity index (χ2v) is 6.61. The number of amides is 2. The van der Waals surface area contributed by atoms with Crippen molar-refractivity contribution < 1.29 is 23.5 Å². The van der Waals surface area contributed by atoms with Crippen LogP contribution in [0, 0.1) is 5.82 Å². The molecule has 0 aromatic heterocycles. The molecule has 2 aromatic carbocycles. The molecule has 1 aliphatic rings. The number of thioether (sulfide) groups is 1. The first kappa shape index (κ1) is 17.9. The van der Waals surface area contributed by atoms with Crippen LogP contribution >= 0.6 is 11.8 Å². The van der Waals surface area contributed by atoms with Gasteiger partial charge in [-0.25, -0.2) is 9.18 Å². The second-order valence-electron chi connectivity index (χ2n) is 5.62. The third-order valence-corrected chi connectivity index (χ3v) is 5.05. The van der Waals surface area contributed by atoms with E-state index in [0.29, 0.717) is 16.1 Å². The zero-order valence-corrected chi connectivity index (χ0v) is 14.6. The fourth-order valence-electron chi connectivity index (χ4n) is 2.68. The molecule has 0 fully saturated rings. The van der Waals surface area contributed by atoms with Gasteiger partial charge in [-0.15, -0.1) is 11.8 Å². The van der Waals surface area contributed by atoms with Crippen LogP contribution in [0.3, 0.4) is 0 Å². The number of carbonyl (C=O) groups excluding carboxylic acids is 3. The van der Waals surface area contributed by atoms with Crippen LogP contribution in [0.15, 0.2) is 41.3 Å². The number of nitrogens with two attached hydrogens (primary N) is 1. The third-order valence-electron chi connectivity index (χ3n) is 3.94. The normalized spacial score (nSPS) is 13.3. The number of benzene rings is 2.